The fraction of sp³-hybridized carbons (Fsp3) is 0.471. The van der Waals surface area contributed by atoms with Crippen LogP contribution in [-0.4, -0.2) is 35.7 Å². The number of nitrogens with zero attached hydrogens (tertiary/aromatic N) is 3. The van der Waals surface area contributed by atoms with Crippen molar-refractivity contribution < 1.29 is 4.52 Å². The summed E-state index contributed by atoms with van der Waals surface area (Å²) >= 11 is 5.88. The Morgan fingerprint density at radius 3 is 2.71 bits per heavy atom. The molecule has 1 aromatic heterocycles. The molecule has 0 radical (unpaired) electrons. The van der Waals surface area contributed by atoms with Crippen LogP contribution < -0.4 is 10.6 Å². The highest BCUT2D eigenvalue weighted by atomic mass is 35.5. The summed E-state index contributed by atoms with van der Waals surface area (Å²) in [5, 5.41) is 11.2. The van der Waals surface area contributed by atoms with Crippen LogP contribution >= 0.6 is 11.6 Å². The van der Waals surface area contributed by atoms with E-state index in [9.17, 15) is 0 Å². The molecular formula is C17H24ClN5O. The number of benzene rings is 1. The summed E-state index contributed by atoms with van der Waals surface area (Å²) in [7, 11) is 0. The van der Waals surface area contributed by atoms with Crippen LogP contribution in [0.5, 0.6) is 0 Å². The first-order valence-electron chi connectivity index (χ1n) is 8.33. The van der Waals surface area contributed by atoms with Crippen LogP contribution in [0.1, 0.15) is 32.6 Å². The van der Waals surface area contributed by atoms with Gasteiger partial charge < -0.3 is 15.2 Å². The van der Waals surface area contributed by atoms with Crippen molar-refractivity contribution >= 4 is 17.6 Å². The van der Waals surface area contributed by atoms with Crippen LogP contribution in [-0.2, 0) is 6.42 Å². The lowest BCUT2D eigenvalue weighted by molar-refractivity contribution is 0.378. The molecule has 0 atom stereocenters. The van der Waals surface area contributed by atoms with Gasteiger partial charge in [-0.1, -0.05) is 30.1 Å². The maximum absolute atomic E-state index is 5.88. The zero-order chi connectivity index (χ0) is 17.2. The van der Waals surface area contributed by atoms with Crippen molar-refractivity contribution in [2.75, 3.05) is 19.6 Å². The fourth-order valence-electron chi connectivity index (χ4n) is 2.05. The molecule has 2 aromatic rings. The second kappa shape index (κ2) is 9.93. The normalized spacial score (nSPS) is 11.5. The summed E-state index contributed by atoms with van der Waals surface area (Å²) in [4.78, 5) is 8.92. The molecule has 0 unspecified atom stereocenters. The molecule has 2 rings (SSSR count). The van der Waals surface area contributed by atoms with E-state index in [1.165, 1.54) is 0 Å². The summed E-state index contributed by atoms with van der Waals surface area (Å²) in [5.74, 6) is 1.99. The number of halogens is 1. The number of nitrogens with one attached hydrogen (secondary N) is 2. The highest BCUT2D eigenvalue weighted by molar-refractivity contribution is 6.30. The SMILES string of the molecule is CCCCN=C(NCC)NCCc1nc(-c2ccc(Cl)cc2)no1. The second-order valence-corrected chi connectivity index (χ2v) is 5.75. The van der Waals surface area contributed by atoms with E-state index >= 15 is 0 Å². The van der Waals surface area contributed by atoms with Crippen LogP contribution in [0, 0.1) is 0 Å². The average molecular weight is 350 g/mol. The molecule has 0 fully saturated rings. The standard InChI is InChI=1S/C17H24ClN5O/c1-3-5-11-20-17(19-4-2)21-12-10-15-22-16(23-24-15)13-6-8-14(18)9-7-13/h6-9H,3-5,10-12H2,1-2H3,(H2,19,20,21). The highest BCUT2D eigenvalue weighted by Crippen LogP contribution is 2.18. The van der Waals surface area contributed by atoms with Gasteiger partial charge in [0.05, 0.1) is 0 Å². The van der Waals surface area contributed by atoms with E-state index in [2.05, 4.69) is 32.7 Å². The number of hydrogen-bond donors (Lipinski definition) is 2. The molecule has 0 amide bonds. The summed E-state index contributed by atoms with van der Waals surface area (Å²) in [6, 6.07) is 7.37. The predicted molar refractivity (Wildman–Crippen MR) is 97.3 cm³/mol. The molecule has 0 aliphatic rings. The van der Waals surface area contributed by atoms with Crippen molar-refractivity contribution in [3.05, 3.63) is 35.2 Å². The van der Waals surface area contributed by atoms with Gasteiger partial charge in [-0.25, -0.2) is 0 Å². The molecule has 130 valence electrons. The van der Waals surface area contributed by atoms with Gasteiger partial charge in [-0.05, 0) is 37.6 Å². The molecule has 6 nitrogen and oxygen atoms in total. The van der Waals surface area contributed by atoms with E-state index in [-0.39, 0.29) is 0 Å². The van der Waals surface area contributed by atoms with Gasteiger partial charge in [0.2, 0.25) is 11.7 Å². The summed E-state index contributed by atoms with van der Waals surface area (Å²) in [6.07, 6.45) is 2.86. The van der Waals surface area contributed by atoms with Gasteiger partial charge >= 0.3 is 0 Å². The third-order valence-electron chi connectivity index (χ3n) is 3.33. The Balaban J connectivity index is 1.85. The molecule has 0 saturated carbocycles. The first-order valence-corrected chi connectivity index (χ1v) is 8.71. The van der Waals surface area contributed by atoms with E-state index in [4.69, 9.17) is 16.1 Å². The van der Waals surface area contributed by atoms with Gasteiger partial charge in [0.1, 0.15) is 0 Å². The molecule has 0 spiro atoms. The van der Waals surface area contributed by atoms with Crippen LogP contribution in [0.25, 0.3) is 11.4 Å². The monoisotopic (exact) mass is 349 g/mol. The number of hydrogen-bond acceptors (Lipinski definition) is 4. The Hall–Kier alpha value is -2.08. The number of guanidine groups is 1. The molecule has 0 saturated heterocycles. The minimum absolute atomic E-state index is 0.574. The lowest BCUT2D eigenvalue weighted by Gasteiger charge is -2.09. The van der Waals surface area contributed by atoms with Gasteiger partial charge in [0.15, 0.2) is 5.96 Å². The second-order valence-electron chi connectivity index (χ2n) is 5.31. The minimum Gasteiger partial charge on any atom is -0.357 e. The summed E-state index contributed by atoms with van der Waals surface area (Å²) < 4.78 is 5.30. The average Bonchev–Trinajstić information content (AvgIpc) is 3.04. The third kappa shape index (κ3) is 5.85. The first-order chi connectivity index (χ1) is 11.7. The van der Waals surface area contributed by atoms with Crippen molar-refractivity contribution in [1.29, 1.82) is 0 Å². The fourth-order valence-corrected chi connectivity index (χ4v) is 2.18. The maximum Gasteiger partial charge on any atom is 0.228 e. The number of aromatic nitrogens is 2. The zero-order valence-electron chi connectivity index (χ0n) is 14.2. The zero-order valence-corrected chi connectivity index (χ0v) is 14.9. The van der Waals surface area contributed by atoms with Crippen molar-refractivity contribution in [3.63, 3.8) is 0 Å². The molecule has 7 heteroatoms. The van der Waals surface area contributed by atoms with Crippen molar-refractivity contribution in [3.8, 4) is 11.4 Å². The minimum atomic E-state index is 0.574. The third-order valence-corrected chi connectivity index (χ3v) is 3.58. The predicted octanol–water partition coefficient (Wildman–Crippen LogP) is 3.29. The molecule has 2 N–H and O–H groups in total. The van der Waals surface area contributed by atoms with Crippen LogP contribution in [0.2, 0.25) is 5.02 Å². The van der Waals surface area contributed by atoms with Gasteiger partial charge in [-0.3, -0.25) is 4.99 Å². The molecule has 0 aliphatic heterocycles. The largest absolute Gasteiger partial charge is 0.357 e. The number of aliphatic imine (C=N–C) groups is 1. The molecule has 1 heterocycles. The maximum atomic E-state index is 5.88. The van der Waals surface area contributed by atoms with E-state index in [0.29, 0.717) is 29.7 Å². The van der Waals surface area contributed by atoms with Gasteiger partial charge in [0.25, 0.3) is 0 Å². The Bertz CT molecular complexity index is 639. The lowest BCUT2D eigenvalue weighted by atomic mass is 10.2. The molecule has 0 bridgehead atoms. The number of unbranched alkanes of at least 4 members (excludes halogenated alkanes) is 1. The Morgan fingerprint density at radius 1 is 1.21 bits per heavy atom. The molecule has 0 aliphatic carbocycles. The topological polar surface area (TPSA) is 75.3 Å². The smallest absolute Gasteiger partial charge is 0.228 e. The number of rotatable bonds is 8. The Morgan fingerprint density at radius 2 is 2.00 bits per heavy atom. The van der Waals surface area contributed by atoms with E-state index in [1.807, 2.05) is 31.2 Å². The Labute approximate surface area is 147 Å². The van der Waals surface area contributed by atoms with E-state index < -0.39 is 0 Å². The quantitative estimate of drug-likeness (QED) is 0.434. The van der Waals surface area contributed by atoms with Crippen LogP contribution in [0.4, 0.5) is 0 Å². The molecule has 24 heavy (non-hydrogen) atoms. The van der Waals surface area contributed by atoms with Crippen molar-refractivity contribution in [2.24, 2.45) is 4.99 Å². The Kier molecular flexibility index (Phi) is 7.55. The molecule has 1 aromatic carbocycles. The van der Waals surface area contributed by atoms with Crippen LogP contribution in [0.3, 0.4) is 0 Å². The van der Waals surface area contributed by atoms with E-state index in [0.717, 1.165) is 37.5 Å². The first kappa shape index (κ1) is 18.3. The van der Waals surface area contributed by atoms with Gasteiger partial charge in [0, 0.05) is 36.6 Å². The lowest BCUT2D eigenvalue weighted by Crippen LogP contribution is -2.38. The van der Waals surface area contributed by atoms with Crippen molar-refractivity contribution in [2.45, 2.75) is 33.1 Å². The van der Waals surface area contributed by atoms with E-state index in [1.54, 1.807) is 0 Å². The van der Waals surface area contributed by atoms with Gasteiger partial charge in [-0.15, -0.1) is 0 Å². The highest BCUT2D eigenvalue weighted by Gasteiger charge is 2.08. The van der Waals surface area contributed by atoms with Gasteiger partial charge in [-0.2, -0.15) is 4.98 Å². The molecular weight excluding hydrogens is 326 g/mol. The summed E-state index contributed by atoms with van der Waals surface area (Å²) in [6.45, 7) is 6.55. The van der Waals surface area contributed by atoms with Crippen LogP contribution in [0.15, 0.2) is 33.8 Å². The summed E-state index contributed by atoms with van der Waals surface area (Å²) in [5.41, 5.74) is 0.886. The van der Waals surface area contributed by atoms with Crippen molar-refractivity contribution in [1.82, 2.24) is 20.8 Å².